The number of amides is 1. The Labute approximate surface area is 194 Å². The molecule has 0 radical (unpaired) electrons. The Hall–Kier alpha value is -2.76. The van der Waals surface area contributed by atoms with Gasteiger partial charge in [-0.1, -0.05) is 35.9 Å². The van der Waals surface area contributed by atoms with E-state index in [1.165, 1.54) is 5.56 Å². The van der Waals surface area contributed by atoms with Gasteiger partial charge in [0, 0.05) is 30.0 Å². The summed E-state index contributed by atoms with van der Waals surface area (Å²) < 4.78 is 0. The minimum atomic E-state index is -0.469. The molecule has 0 aliphatic heterocycles. The van der Waals surface area contributed by atoms with Gasteiger partial charge in [-0.05, 0) is 72.9 Å². The van der Waals surface area contributed by atoms with Crippen LogP contribution in [0.5, 0.6) is 0 Å². The first kappa shape index (κ1) is 22.4. The number of rotatable bonds is 7. The minimum absolute atomic E-state index is 0.0345. The number of carbonyl (C=O) groups is 1. The molecule has 5 nitrogen and oxygen atoms in total. The summed E-state index contributed by atoms with van der Waals surface area (Å²) in [6, 6.07) is 15.4. The summed E-state index contributed by atoms with van der Waals surface area (Å²) in [6.07, 6.45) is 8.52. The number of benzene rings is 2. The zero-order valence-electron chi connectivity index (χ0n) is 18.2. The highest BCUT2D eigenvalue weighted by atomic mass is 35.5. The zero-order valence-corrected chi connectivity index (χ0v) is 18.9. The van der Waals surface area contributed by atoms with Crippen molar-refractivity contribution in [2.45, 2.75) is 38.3 Å². The van der Waals surface area contributed by atoms with Gasteiger partial charge in [0.05, 0.1) is 24.5 Å². The average molecular weight is 450 g/mol. The number of nitrogens with zero attached hydrogens (tertiary/aromatic N) is 3. The minimum Gasteiger partial charge on any atom is -0.388 e. The van der Waals surface area contributed by atoms with Crippen molar-refractivity contribution >= 4 is 17.5 Å². The molecule has 1 aliphatic rings. The van der Waals surface area contributed by atoms with Crippen LogP contribution in [0, 0.1) is 11.8 Å². The van der Waals surface area contributed by atoms with Crippen molar-refractivity contribution in [1.82, 2.24) is 14.9 Å². The molecule has 1 fully saturated rings. The Morgan fingerprint density at radius 3 is 2.72 bits per heavy atom. The fourth-order valence-corrected chi connectivity index (χ4v) is 4.81. The van der Waals surface area contributed by atoms with Crippen LogP contribution in [0.1, 0.15) is 52.5 Å². The number of hydrogen-bond acceptors (Lipinski definition) is 4. The summed E-state index contributed by atoms with van der Waals surface area (Å²) in [5, 5.41) is 11.4. The summed E-state index contributed by atoms with van der Waals surface area (Å²) in [4.78, 5) is 22.6. The summed E-state index contributed by atoms with van der Waals surface area (Å²) in [5.74, 6) is 0.761. The molecule has 32 heavy (non-hydrogen) atoms. The number of aliphatic hydroxyl groups excluding tert-OH is 1. The van der Waals surface area contributed by atoms with Crippen molar-refractivity contribution in [1.29, 1.82) is 0 Å². The Balaban J connectivity index is 1.31. The highest BCUT2D eigenvalue weighted by molar-refractivity contribution is 6.30. The lowest BCUT2D eigenvalue weighted by Gasteiger charge is -2.19. The quantitative estimate of drug-likeness (QED) is 0.545. The molecule has 1 heterocycles. The molecular formula is C26H28ClN3O2. The van der Waals surface area contributed by atoms with Gasteiger partial charge in [0.15, 0.2) is 0 Å². The second kappa shape index (κ2) is 10.2. The zero-order chi connectivity index (χ0) is 22.5. The lowest BCUT2D eigenvalue weighted by atomic mass is 9.91. The number of aromatic nitrogens is 2. The Kier molecular flexibility index (Phi) is 7.18. The molecule has 1 saturated carbocycles. The van der Waals surface area contributed by atoms with Crippen molar-refractivity contribution in [3.63, 3.8) is 0 Å². The molecule has 1 amide bonds. The van der Waals surface area contributed by atoms with Crippen molar-refractivity contribution in [3.8, 4) is 0 Å². The monoisotopic (exact) mass is 449 g/mol. The number of halogens is 1. The standard InChI is InChI=1S/C26H28ClN3O2/c1-30(17-24-16-28-11-12-29-24)26(32)20-8-5-18(6-9-20)13-19-7-10-22(14-19)25(31)21-3-2-4-23(27)15-21/h2-6,8-9,11-12,15-16,19,22,25,31H,7,10,13-14,17H2,1H3/t19?,22-,25+/m0/s1. The second-order valence-electron chi connectivity index (χ2n) is 8.70. The molecule has 1 N–H and O–H groups in total. The van der Waals surface area contributed by atoms with Gasteiger partial charge in [-0.3, -0.25) is 14.8 Å². The lowest BCUT2D eigenvalue weighted by molar-refractivity contribution is 0.0783. The van der Waals surface area contributed by atoms with E-state index in [-0.39, 0.29) is 11.8 Å². The summed E-state index contributed by atoms with van der Waals surface area (Å²) >= 11 is 6.08. The van der Waals surface area contributed by atoms with E-state index in [0.717, 1.165) is 36.9 Å². The normalized spacial score (nSPS) is 19.0. The second-order valence-corrected chi connectivity index (χ2v) is 9.13. The van der Waals surface area contributed by atoms with Crippen molar-refractivity contribution < 1.29 is 9.90 Å². The van der Waals surface area contributed by atoms with Crippen LogP contribution >= 0.6 is 11.6 Å². The fraction of sp³-hybridized carbons (Fsp3) is 0.346. The van der Waals surface area contributed by atoms with Crippen LogP contribution in [0.2, 0.25) is 5.02 Å². The summed E-state index contributed by atoms with van der Waals surface area (Å²) in [6.45, 7) is 0.423. The number of carbonyl (C=O) groups excluding carboxylic acids is 1. The molecule has 6 heteroatoms. The first-order valence-electron chi connectivity index (χ1n) is 11.0. The van der Waals surface area contributed by atoms with Gasteiger partial charge >= 0.3 is 0 Å². The molecule has 0 saturated heterocycles. The lowest BCUT2D eigenvalue weighted by Crippen LogP contribution is -2.26. The molecule has 3 aromatic rings. The SMILES string of the molecule is CN(Cc1cnccn1)C(=O)c1ccc(CC2CC[C@H]([C@H](O)c3cccc(Cl)c3)C2)cc1. The van der Waals surface area contributed by atoms with E-state index in [4.69, 9.17) is 11.6 Å². The summed E-state index contributed by atoms with van der Waals surface area (Å²) in [7, 11) is 1.77. The Morgan fingerprint density at radius 2 is 2.00 bits per heavy atom. The van der Waals surface area contributed by atoms with E-state index in [1.807, 2.05) is 48.5 Å². The molecule has 1 unspecified atom stereocenters. The maximum Gasteiger partial charge on any atom is 0.253 e. The summed E-state index contributed by atoms with van der Waals surface area (Å²) in [5.41, 5.74) is 3.55. The molecule has 1 aromatic heterocycles. The molecule has 3 atom stereocenters. The van der Waals surface area contributed by atoms with Gasteiger partial charge in [-0.2, -0.15) is 0 Å². The van der Waals surface area contributed by atoms with Crippen molar-refractivity contribution in [2.75, 3.05) is 7.05 Å². The molecule has 2 aromatic carbocycles. The highest BCUT2D eigenvalue weighted by Crippen LogP contribution is 2.40. The third kappa shape index (κ3) is 5.53. The van der Waals surface area contributed by atoms with E-state index < -0.39 is 6.10 Å². The van der Waals surface area contributed by atoms with E-state index in [9.17, 15) is 9.90 Å². The van der Waals surface area contributed by atoms with Gasteiger partial charge in [0.25, 0.3) is 5.91 Å². The van der Waals surface area contributed by atoms with Crippen LogP contribution < -0.4 is 0 Å². The van der Waals surface area contributed by atoms with E-state index >= 15 is 0 Å². The first-order valence-corrected chi connectivity index (χ1v) is 11.4. The number of hydrogen-bond donors (Lipinski definition) is 1. The Morgan fingerprint density at radius 1 is 1.19 bits per heavy atom. The van der Waals surface area contributed by atoms with Crippen molar-refractivity contribution in [2.24, 2.45) is 11.8 Å². The Bertz CT molecular complexity index is 1040. The van der Waals surface area contributed by atoms with Gasteiger partial charge in [-0.15, -0.1) is 0 Å². The topological polar surface area (TPSA) is 66.3 Å². The van der Waals surface area contributed by atoms with Crippen LogP contribution in [0.3, 0.4) is 0 Å². The van der Waals surface area contributed by atoms with Gasteiger partial charge in [0.1, 0.15) is 0 Å². The third-order valence-corrected chi connectivity index (χ3v) is 6.54. The maximum absolute atomic E-state index is 12.7. The molecule has 1 aliphatic carbocycles. The van der Waals surface area contributed by atoms with Crippen LogP contribution in [0.25, 0.3) is 0 Å². The number of aliphatic hydroxyl groups is 1. The van der Waals surface area contributed by atoms with Crippen LogP contribution in [0.4, 0.5) is 0 Å². The largest absolute Gasteiger partial charge is 0.388 e. The molecule has 0 bridgehead atoms. The first-order chi connectivity index (χ1) is 15.5. The molecule has 0 spiro atoms. The average Bonchev–Trinajstić information content (AvgIpc) is 3.27. The van der Waals surface area contributed by atoms with Gasteiger partial charge in [-0.25, -0.2) is 0 Å². The maximum atomic E-state index is 12.7. The van der Waals surface area contributed by atoms with Crippen molar-refractivity contribution in [3.05, 3.63) is 94.5 Å². The predicted molar refractivity (Wildman–Crippen MR) is 125 cm³/mol. The van der Waals surface area contributed by atoms with Gasteiger partial charge < -0.3 is 10.0 Å². The van der Waals surface area contributed by atoms with Crippen LogP contribution in [0.15, 0.2) is 67.1 Å². The molecular weight excluding hydrogens is 422 g/mol. The van der Waals surface area contributed by atoms with Crippen LogP contribution in [-0.4, -0.2) is 32.9 Å². The fourth-order valence-electron chi connectivity index (χ4n) is 4.61. The third-order valence-electron chi connectivity index (χ3n) is 6.31. The molecule has 166 valence electrons. The van der Waals surface area contributed by atoms with Gasteiger partial charge in [0.2, 0.25) is 0 Å². The highest BCUT2D eigenvalue weighted by Gasteiger charge is 2.30. The smallest absolute Gasteiger partial charge is 0.253 e. The molecule has 4 rings (SSSR count). The van der Waals surface area contributed by atoms with E-state index in [1.54, 1.807) is 30.5 Å². The van der Waals surface area contributed by atoms with E-state index in [0.29, 0.717) is 23.0 Å². The predicted octanol–water partition coefficient (Wildman–Crippen LogP) is 5.09. The van der Waals surface area contributed by atoms with E-state index in [2.05, 4.69) is 9.97 Å². The van der Waals surface area contributed by atoms with Crippen LogP contribution in [-0.2, 0) is 13.0 Å².